The van der Waals surface area contributed by atoms with Gasteiger partial charge < -0.3 is 0 Å². The number of hydrogen-bond acceptors (Lipinski definition) is 0. The number of benzene rings is 15. The number of rotatable bonds is 14. The highest BCUT2D eigenvalue weighted by Gasteiger charge is 2.16. The largest absolute Gasteiger partial charge is 0.0622 e. The van der Waals surface area contributed by atoms with Crippen LogP contribution in [0.1, 0.15) is 0 Å². The normalized spacial score (nSPS) is 11.1. The summed E-state index contributed by atoms with van der Waals surface area (Å²) in [5.41, 5.74) is 32.9. The lowest BCUT2D eigenvalue weighted by molar-refractivity contribution is 1.53. The first-order valence-electron chi connectivity index (χ1n) is 31.0. The molecule has 0 nitrogen and oxygen atoms in total. The quantitative estimate of drug-likeness (QED) is 0.102. The second kappa shape index (κ2) is 25.0. The molecule has 0 spiro atoms. The summed E-state index contributed by atoms with van der Waals surface area (Å²) >= 11 is 0. The standard InChI is InChI=1S/C90H62/c1-7-24-63(25-8-1)79-51-80(64-26-9-2-10-27-64)55-85(54-79)73-40-20-38-71(47-73)69-36-19-37-70(46-69)72-39-21-41-74(48-72)88-60-89(77-44-22-42-75(49-77)86-56-81(65-28-11-3-12-29-65)52-82(57-86)66-30-13-4-14-31-66)62-90(61-88)78-45-23-43-76(50-78)87-58-83(67-32-15-5-16-33-67)53-84(59-87)68-34-17-6-18-35-68/h1-62H. The summed E-state index contributed by atoms with van der Waals surface area (Å²) in [6.07, 6.45) is 0. The fourth-order valence-electron chi connectivity index (χ4n) is 12.7. The maximum Gasteiger partial charge on any atom is -0.0171 e. The van der Waals surface area contributed by atoms with E-state index >= 15 is 0 Å². The molecule has 0 radical (unpaired) electrons. The molecule has 15 aromatic carbocycles. The molecule has 0 heterocycles. The minimum atomic E-state index is 1.14. The molecule has 15 rings (SSSR count). The van der Waals surface area contributed by atoms with Gasteiger partial charge in [-0.25, -0.2) is 0 Å². The van der Waals surface area contributed by atoms with Gasteiger partial charge in [-0.1, -0.05) is 273 Å². The van der Waals surface area contributed by atoms with Gasteiger partial charge in [0.05, 0.1) is 0 Å². The number of hydrogen-bond donors (Lipinski definition) is 0. The van der Waals surface area contributed by atoms with E-state index in [1.54, 1.807) is 0 Å². The van der Waals surface area contributed by atoms with Crippen LogP contribution in [0.4, 0.5) is 0 Å². The summed E-state index contributed by atoms with van der Waals surface area (Å²) in [5, 5.41) is 0. The zero-order chi connectivity index (χ0) is 60.0. The van der Waals surface area contributed by atoms with E-state index < -0.39 is 0 Å². The monoisotopic (exact) mass is 1140 g/mol. The van der Waals surface area contributed by atoms with E-state index in [0.717, 1.165) is 55.6 Å². The highest BCUT2D eigenvalue weighted by molar-refractivity contribution is 5.90. The molecule has 0 bridgehead atoms. The molecule has 0 fully saturated rings. The Labute approximate surface area is 528 Å². The van der Waals surface area contributed by atoms with Crippen molar-refractivity contribution in [2.45, 2.75) is 0 Å². The van der Waals surface area contributed by atoms with Gasteiger partial charge in [-0.2, -0.15) is 0 Å². The third-order valence-corrected chi connectivity index (χ3v) is 17.4. The molecule has 0 heteroatoms. The van der Waals surface area contributed by atoms with Crippen LogP contribution in [-0.2, 0) is 0 Å². The lowest BCUT2D eigenvalue weighted by atomic mass is 9.89. The fraction of sp³-hybridized carbons (Fsp3) is 0. The van der Waals surface area contributed by atoms with Gasteiger partial charge in [0.15, 0.2) is 0 Å². The van der Waals surface area contributed by atoms with E-state index in [1.807, 2.05) is 0 Å². The van der Waals surface area contributed by atoms with Crippen molar-refractivity contribution < 1.29 is 0 Å². The third kappa shape index (κ3) is 11.9. The molecule has 0 saturated carbocycles. The summed E-state index contributed by atoms with van der Waals surface area (Å²) in [6.45, 7) is 0. The topological polar surface area (TPSA) is 0 Å². The summed E-state index contributed by atoms with van der Waals surface area (Å²) in [7, 11) is 0. The van der Waals surface area contributed by atoms with E-state index in [9.17, 15) is 0 Å². The van der Waals surface area contributed by atoms with Crippen LogP contribution in [0.25, 0.3) is 156 Å². The molecule has 0 aliphatic carbocycles. The predicted molar refractivity (Wildman–Crippen MR) is 383 cm³/mol. The smallest absolute Gasteiger partial charge is 0.0171 e. The Morgan fingerprint density at radius 1 is 0.0667 bits per heavy atom. The maximum absolute atomic E-state index is 2.38. The van der Waals surface area contributed by atoms with Crippen LogP contribution in [0.3, 0.4) is 0 Å². The first kappa shape index (κ1) is 54.9. The molecule has 15 aromatic rings. The Morgan fingerprint density at radius 3 is 0.289 bits per heavy atom. The van der Waals surface area contributed by atoms with Crippen molar-refractivity contribution in [3.05, 3.63) is 376 Å². The van der Waals surface area contributed by atoms with Crippen molar-refractivity contribution in [3.63, 3.8) is 0 Å². The van der Waals surface area contributed by atoms with Gasteiger partial charge in [0.1, 0.15) is 0 Å². The molecular formula is C90H62. The highest BCUT2D eigenvalue weighted by Crippen LogP contribution is 2.42. The summed E-state index contributed by atoms with van der Waals surface area (Å²) in [4.78, 5) is 0. The molecule has 0 amide bonds. The zero-order valence-electron chi connectivity index (χ0n) is 49.8. The van der Waals surface area contributed by atoms with Crippen LogP contribution in [0.2, 0.25) is 0 Å². The Balaban J connectivity index is 0.829. The molecule has 422 valence electrons. The van der Waals surface area contributed by atoms with Gasteiger partial charge in [-0.3, -0.25) is 0 Å². The van der Waals surface area contributed by atoms with Crippen molar-refractivity contribution in [3.8, 4) is 156 Å². The molecule has 0 saturated heterocycles. The molecule has 0 aliphatic heterocycles. The van der Waals surface area contributed by atoms with Crippen molar-refractivity contribution in [1.82, 2.24) is 0 Å². The molecule has 0 aromatic heterocycles. The average Bonchev–Trinajstić information content (AvgIpc) is 1.22. The van der Waals surface area contributed by atoms with Crippen LogP contribution in [0.5, 0.6) is 0 Å². The van der Waals surface area contributed by atoms with Crippen LogP contribution in [0.15, 0.2) is 376 Å². The predicted octanol–water partition coefficient (Wildman–Crippen LogP) is 25.0. The van der Waals surface area contributed by atoms with Crippen LogP contribution < -0.4 is 0 Å². The van der Waals surface area contributed by atoms with E-state index in [2.05, 4.69) is 376 Å². The summed E-state index contributed by atoms with van der Waals surface area (Å²) < 4.78 is 0. The van der Waals surface area contributed by atoms with Crippen LogP contribution in [0, 0.1) is 0 Å². The Kier molecular flexibility index (Phi) is 15.2. The minimum Gasteiger partial charge on any atom is -0.0622 e. The second-order valence-corrected chi connectivity index (χ2v) is 23.3. The van der Waals surface area contributed by atoms with Crippen LogP contribution in [-0.4, -0.2) is 0 Å². The average molecular weight is 1140 g/mol. The van der Waals surface area contributed by atoms with Crippen molar-refractivity contribution in [1.29, 1.82) is 0 Å². The highest BCUT2D eigenvalue weighted by atomic mass is 14.2. The first-order valence-corrected chi connectivity index (χ1v) is 31.0. The van der Waals surface area contributed by atoms with Crippen molar-refractivity contribution in [2.75, 3.05) is 0 Å². The van der Waals surface area contributed by atoms with Gasteiger partial charge in [-0.15, -0.1) is 0 Å². The van der Waals surface area contributed by atoms with E-state index in [-0.39, 0.29) is 0 Å². The fourth-order valence-corrected chi connectivity index (χ4v) is 12.7. The van der Waals surface area contributed by atoms with Gasteiger partial charge in [0.25, 0.3) is 0 Å². The lowest BCUT2D eigenvalue weighted by Gasteiger charge is -2.15. The molecule has 90 heavy (non-hydrogen) atoms. The van der Waals surface area contributed by atoms with E-state index in [0.29, 0.717) is 0 Å². The first-order chi connectivity index (χ1) is 44.5. The van der Waals surface area contributed by atoms with Crippen LogP contribution >= 0.6 is 0 Å². The van der Waals surface area contributed by atoms with E-state index in [4.69, 9.17) is 0 Å². The molecule has 0 unspecified atom stereocenters. The maximum atomic E-state index is 2.38. The minimum absolute atomic E-state index is 1.14. The molecule has 0 N–H and O–H groups in total. The Morgan fingerprint density at radius 2 is 0.156 bits per heavy atom. The second-order valence-electron chi connectivity index (χ2n) is 23.3. The van der Waals surface area contributed by atoms with Gasteiger partial charge in [-0.05, 0) is 259 Å². The molecule has 0 atom stereocenters. The molecule has 0 aliphatic rings. The Hall–Kier alpha value is -11.7. The SMILES string of the molecule is c1ccc(-c2cc(-c3ccccc3)cc(-c3cccc(-c4cccc(-c5cccc(-c6cc(-c7cccc(-c8cc(-c9ccccc9)cc(-c9ccccc9)c8)c7)cc(-c7cccc(-c8cc(-c9ccccc9)cc(-c9ccccc9)c8)c7)c6)c5)c4)c3)c2)cc1. The zero-order valence-corrected chi connectivity index (χ0v) is 49.8. The Bertz CT molecular complexity index is 4650. The van der Waals surface area contributed by atoms with E-state index in [1.165, 1.54) is 100 Å². The molecular weight excluding hydrogens is 1080 g/mol. The summed E-state index contributed by atoms with van der Waals surface area (Å²) in [6, 6.07) is 138. The lowest BCUT2D eigenvalue weighted by Crippen LogP contribution is -1.90. The van der Waals surface area contributed by atoms with Gasteiger partial charge in [0.2, 0.25) is 0 Å². The third-order valence-electron chi connectivity index (χ3n) is 17.4. The van der Waals surface area contributed by atoms with Crippen molar-refractivity contribution in [2.24, 2.45) is 0 Å². The summed E-state index contributed by atoms with van der Waals surface area (Å²) in [5.74, 6) is 0. The van der Waals surface area contributed by atoms with Gasteiger partial charge in [0, 0.05) is 0 Å². The van der Waals surface area contributed by atoms with Crippen molar-refractivity contribution >= 4 is 0 Å². The van der Waals surface area contributed by atoms with Gasteiger partial charge >= 0.3 is 0 Å².